The van der Waals surface area contributed by atoms with Gasteiger partial charge in [0.05, 0.1) is 0 Å². The predicted molar refractivity (Wildman–Crippen MR) is 65.6 cm³/mol. The maximum absolute atomic E-state index is 11.7. The van der Waals surface area contributed by atoms with Crippen LogP contribution < -0.4 is 5.32 Å². The van der Waals surface area contributed by atoms with Crippen LogP contribution in [0, 0.1) is 0 Å². The lowest BCUT2D eigenvalue weighted by atomic mass is 10.3. The first kappa shape index (κ1) is 12.3. The van der Waals surface area contributed by atoms with E-state index in [1.54, 1.807) is 18.2 Å². The van der Waals surface area contributed by atoms with Crippen LogP contribution in [-0.4, -0.2) is 22.1 Å². The number of halogens is 1. The number of rotatable bonds is 3. The number of carboxylic acid groups (broad SMARTS) is 1. The molecule has 0 bridgehead atoms. The van der Waals surface area contributed by atoms with Gasteiger partial charge in [0.2, 0.25) is 5.76 Å². The quantitative estimate of drug-likeness (QED) is 0.908. The minimum Gasteiger partial charge on any atom is -0.475 e. The van der Waals surface area contributed by atoms with E-state index in [0.29, 0.717) is 5.69 Å². The number of nitrogens with zero attached hydrogens (tertiary/aromatic N) is 1. The monoisotopic (exact) mass is 310 g/mol. The van der Waals surface area contributed by atoms with Crippen molar-refractivity contribution in [3.63, 3.8) is 0 Å². The molecule has 0 unspecified atom stereocenters. The van der Waals surface area contributed by atoms with E-state index < -0.39 is 11.9 Å². The first-order chi connectivity index (χ1) is 8.56. The standard InChI is InChI=1S/C11H7BrN2O4/c12-6-2-1-3-7(4-6)13-10(15)8-5-9(11(16)17)18-14-8/h1-5H,(H,13,15)(H,16,17). The maximum Gasteiger partial charge on any atom is 0.374 e. The minimum absolute atomic E-state index is 0.0904. The highest BCUT2D eigenvalue weighted by atomic mass is 79.9. The molecule has 0 saturated heterocycles. The first-order valence-corrected chi connectivity index (χ1v) is 5.62. The van der Waals surface area contributed by atoms with Crippen molar-refractivity contribution in [3.05, 3.63) is 46.3 Å². The van der Waals surface area contributed by atoms with E-state index in [9.17, 15) is 9.59 Å². The van der Waals surface area contributed by atoms with Crippen molar-refractivity contribution in [3.8, 4) is 0 Å². The van der Waals surface area contributed by atoms with Crippen molar-refractivity contribution in [1.82, 2.24) is 5.16 Å². The number of aromatic nitrogens is 1. The van der Waals surface area contributed by atoms with Crippen molar-refractivity contribution in [2.45, 2.75) is 0 Å². The summed E-state index contributed by atoms with van der Waals surface area (Å²) in [5, 5.41) is 14.6. The Labute approximate surface area is 110 Å². The molecule has 1 heterocycles. The van der Waals surface area contributed by atoms with Crippen molar-refractivity contribution in [2.75, 3.05) is 5.32 Å². The Hall–Kier alpha value is -2.15. The van der Waals surface area contributed by atoms with Crippen LogP contribution >= 0.6 is 15.9 Å². The number of nitrogens with one attached hydrogen (secondary N) is 1. The fourth-order valence-electron chi connectivity index (χ4n) is 1.24. The van der Waals surface area contributed by atoms with Gasteiger partial charge >= 0.3 is 5.97 Å². The van der Waals surface area contributed by atoms with Crippen LogP contribution in [-0.2, 0) is 0 Å². The Morgan fingerprint density at radius 1 is 1.33 bits per heavy atom. The molecule has 1 aromatic carbocycles. The Bertz CT molecular complexity index is 609. The molecule has 7 heteroatoms. The van der Waals surface area contributed by atoms with Crippen LogP contribution in [0.2, 0.25) is 0 Å². The summed E-state index contributed by atoms with van der Waals surface area (Å²) in [6, 6.07) is 8.03. The molecule has 0 aliphatic heterocycles. The molecule has 6 nitrogen and oxygen atoms in total. The maximum atomic E-state index is 11.7. The number of hydrogen-bond donors (Lipinski definition) is 2. The summed E-state index contributed by atoms with van der Waals surface area (Å²) >= 11 is 3.27. The molecule has 0 spiro atoms. The molecule has 2 rings (SSSR count). The topological polar surface area (TPSA) is 92.4 Å². The summed E-state index contributed by atoms with van der Waals surface area (Å²) in [5.74, 6) is -2.19. The molecule has 18 heavy (non-hydrogen) atoms. The number of carbonyl (C=O) groups excluding carboxylic acids is 1. The zero-order valence-electron chi connectivity index (χ0n) is 8.88. The van der Waals surface area contributed by atoms with Gasteiger partial charge < -0.3 is 14.9 Å². The number of hydrogen-bond acceptors (Lipinski definition) is 4. The third-order valence-electron chi connectivity index (χ3n) is 2.04. The molecule has 0 atom stereocenters. The highest BCUT2D eigenvalue weighted by Crippen LogP contribution is 2.16. The molecule has 92 valence electrons. The van der Waals surface area contributed by atoms with E-state index in [0.717, 1.165) is 10.5 Å². The van der Waals surface area contributed by atoms with E-state index >= 15 is 0 Å². The fraction of sp³-hybridized carbons (Fsp3) is 0. The Morgan fingerprint density at radius 2 is 2.11 bits per heavy atom. The van der Waals surface area contributed by atoms with Gasteiger partial charge in [0.25, 0.3) is 5.91 Å². The van der Waals surface area contributed by atoms with Crippen LogP contribution in [0.3, 0.4) is 0 Å². The molecule has 1 aromatic heterocycles. The van der Waals surface area contributed by atoms with Crippen LogP contribution in [0.25, 0.3) is 0 Å². The number of carbonyl (C=O) groups is 2. The normalized spacial score (nSPS) is 10.1. The van der Waals surface area contributed by atoms with E-state index in [4.69, 9.17) is 5.11 Å². The Balaban J connectivity index is 2.14. The van der Waals surface area contributed by atoms with Gasteiger partial charge in [-0.3, -0.25) is 4.79 Å². The summed E-state index contributed by atoms with van der Waals surface area (Å²) < 4.78 is 5.30. The van der Waals surface area contributed by atoms with E-state index in [2.05, 4.69) is 30.9 Å². The lowest BCUT2D eigenvalue weighted by Gasteiger charge is -2.02. The molecule has 2 aromatic rings. The molecule has 0 fully saturated rings. The Kier molecular flexibility index (Phi) is 3.42. The van der Waals surface area contributed by atoms with Crippen LogP contribution in [0.5, 0.6) is 0 Å². The summed E-state index contributed by atoms with van der Waals surface area (Å²) in [6.07, 6.45) is 0. The van der Waals surface area contributed by atoms with E-state index in [-0.39, 0.29) is 11.5 Å². The molecular formula is C11H7BrN2O4. The minimum atomic E-state index is -1.27. The highest BCUT2D eigenvalue weighted by Gasteiger charge is 2.16. The number of carboxylic acids is 1. The molecule has 0 aliphatic rings. The van der Waals surface area contributed by atoms with E-state index in [1.807, 2.05) is 6.07 Å². The summed E-state index contributed by atoms with van der Waals surface area (Å²) in [4.78, 5) is 22.3. The van der Waals surface area contributed by atoms with Crippen molar-refractivity contribution < 1.29 is 19.2 Å². The zero-order valence-corrected chi connectivity index (χ0v) is 10.5. The second-order valence-electron chi connectivity index (χ2n) is 3.35. The molecule has 0 aliphatic carbocycles. The van der Waals surface area contributed by atoms with Crippen molar-refractivity contribution >= 4 is 33.5 Å². The highest BCUT2D eigenvalue weighted by molar-refractivity contribution is 9.10. The molecule has 1 amide bonds. The lowest BCUT2D eigenvalue weighted by Crippen LogP contribution is -2.12. The average Bonchev–Trinajstić information content (AvgIpc) is 2.78. The smallest absolute Gasteiger partial charge is 0.374 e. The van der Waals surface area contributed by atoms with Crippen LogP contribution in [0.4, 0.5) is 5.69 Å². The van der Waals surface area contributed by atoms with Gasteiger partial charge in [0.1, 0.15) is 0 Å². The fourth-order valence-corrected chi connectivity index (χ4v) is 1.64. The predicted octanol–water partition coefficient (Wildman–Crippen LogP) is 2.39. The molecule has 2 N–H and O–H groups in total. The van der Waals surface area contributed by atoms with Gasteiger partial charge in [0, 0.05) is 16.2 Å². The molecule has 0 saturated carbocycles. The lowest BCUT2D eigenvalue weighted by molar-refractivity contribution is 0.0651. The van der Waals surface area contributed by atoms with Crippen molar-refractivity contribution in [1.29, 1.82) is 0 Å². The summed E-state index contributed by atoms with van der Waals surface area (Å²) in [7, 11) is 0. The molecule has 0 radical (unpaired) electrons. The third kappa shape index (κ3) is 2.75. The van der Waals surface area contributed by atoms with Gasteiger partial charge in [-0.15, -0.1) is 0 Å². The largest absolute Gasteiger partial charge is 0.475 e. The average molecular weight is 311 g/mol. The number of benzene rings is 1. The SMILES string of the molecule is O=C(Nc1cccc(Br)c1)c1cc(C(=O)O)on1. The van der Waals surface area contributed by atoms with Crippen LogP contribution in [0.15, 0.2) is 39.3 Å². The van der Waals surface area contributed by atoms with E-state index in [1.165, 1.54) is 0 Å². The zero-order chi connectivity index (χ0) is 13.1. The summed E-state index contributed by atoms with van der Waals surface area (Å²) in [6.45, 7) is 0. The van der Waals surface area contributed by atoms with Gasteiger partial charge in [0.15, 0.2) is 5.69 Å². The Morgan fingerprint density at radius 3 is 2.72 bits per heavy atom. The van der Waals surface area contributed by atoms with Gasteiger partial charge in [-0.1, -0.05) is 27.2 Å². The van der Waals surface area contributed by atoms with Crippen LogP contribution in [0.1, 0.15) is 21.0 Å². The van der Waals surface area contributed by atoms with Gasteiger partial charge in [-0.05, 0) is 18.2 Å². The third-order valence-corrected chi connectivity index (χ3v) is 2.53. The number of aromatic carboxylic acids is 1. The number of anilines is 1. The second kappa shape index (κ2) is 5.01. The second-order valence-corrected chi connectivity index (χ2v) is 4.26. The summed E-state index contributed by atoms with van der Waals surface area (Å²) in [5.41, 5.74) is 0.474. The number of amides is 1. The molecular weight excluding hydrogens is 304 g/mol. The van der Waals surface area contributed by atoms with Gasteiger partial charge in [-0.25, -0.2) is 4.79 Å². The van der Waals surface area contributed by atoms with Gasteiger partial charge in [-0.2, -0.15) is 0 Å². The first-order valence-electron chi connectivity index (χ1n) is 4.83. The van der Waals surface area contributed by atoms with Crippen molar-refractivity contribution in [2.24, 2.45) is 0 Å².